The molecule has 5 heteroatoms. The average molecular weight is 300 g/mol. The molecule has 0 saturated carbocycles. The molecule has 0 aliphatic heterocycles. The molecule has 1 aliphatic rings. The Morgan fingerprint density at radius 1 is 1.32 bits per heavy atom. The van der Waals surface area contributed by atoms with Gasteiger partial charge in [0.05, 0.1) is 6.54 Å². The van der Waals surface area contributed by atoms with Gasteiger partial charge in [0, 0.05) is 17.5 Å². The summed E-state index contributed by atoms with van der Waals surface area (Å²) in [7, 11) is 0. The third-order valence-electron chi connectivity index (χ3n) is 3.78. The normalized spacial score (nSPS) is 17.4. The van der Waals surface area contributed by atoms with Crippen LogP contribution >= 0.6 is 0 Å². The molecule has 2 aromatic rings. The summed E-state index contributed by atoms with van der Waals surface area (Å²) >= 11 is 0. The van der Waals surface area contributed by atoms with E-state index in [9.17, 15) is 9.18 Å². The van der Waals surface area contributed by atoms with Gasteiger partial charge in [0.1, 0.15) is 11.5 Å². The minimum absolute atomic E-state index is 0.0454. The minimum Gasteiger partial charge on any atom is -0.359 e. The first-order chi connectivity index (χ1) is 10.7. The topological polar surface area (TPSA) is 55.1 Å². The number of benzene rings is 1. The van der Waals surface area contributed by atoms with E-state index in [4.69, 9.17) is 4.52 Å². The van der Waals surface area contributed by atoms with Gasteiger partial charge in [-0.2, -0.15) is 0 Å². The maximum atomic E-state index is 12.9. The number of amides is 1. The van der Waals surface area contributed by atoms with Crippen LogP contribution in [-0.4, -0.2) is 11.1 Å². The Balaban J connectivity index is 1.58. The van der Waals surface area contributed by atoms with E-state index < -0.39 is 0 Å². The summed E-state index contributed by atoms with van der Waals surface area (Å²) in [6.07, 6.45) is 6.79. The summed E-state index contributed by atoms with van der Waals surface area (Å²) < 4.78 is 18.1. The van der Waals surface area contributed by atoms with Gasteiger partial charge < -0.3 is 9.84 Å². The molecule has 1 atom stereocenters. The number of aromatic nitrogens is 1. The molecular formula is C17H17FN2O2. The number of hydrogen-bond donors (Lipinski definition) is 1. The molecule has 1 aliphatic carbocycles. The quantitative estimate of drug-likeness (QED) is 0.880. The van der Waals surface area contributed by atoms with Crippen molar-refractivity contribution in [3.63, 3.8) is 0 Å². The third kappa shape index (κ3) is 3.42. The van der Waals surface area contributed by atoms with Crippen LogP contribution < -0.4 is 5.32 Å². The van der Waals surface area contributed by atoms with Crippen molar-refractivity contribution in [3.8, 4) is 11.3 Å². The van der Waals surface area contributed by atoms with Gasteiger partial charge in [-0.05, 0) is 43.5 Å². The molecule has 1 aromatic carbocycles. The smallest absolute Gasteiger partial charge is 0.223 e. The fourth-order valence-electron chi connectivity index (χ4n) is 2.50. The van der Waals surface area contributed by atoms with Crippen LogP contribution in [0.2, 0.25) is 0 Å². The van der Waals surface area contributed by atoms with Crippen molar-refractivity contribution in [3.05, 3.63) is 54.1 Å². The van der Waals surface area contributed by atoms with E-state index >= 15 is 0 Å². The van der Waals surface area contributed by atoms with Crippen molar-refractivity contribution in [1.29, 1.82) is 0 Å². The monoisotopic (exact) mass is 300 g/mol. The Kier molecular flexibility index (Phi) is 4.32. The molecule has 0 spiro atoms. The SMILES string of the molecule is O=C(NCc1cc(-c2ccc(F)cc2)no1)C1CC=CCC1. The van der Waals surface area contributed by atoms with E-state index in [1.807, 2.05) is 0 Å². The number of allylic oxidation sites excluding steroid dienone is 2. The van der Waals surface area contributed by atoms with E-state index in [-0.39, 0.29) is 17.6 Å². The van der Waals surface area contributed by atoms with Gasteiger partial charge in [0.25, 0.3) is 0 Å². The highest BCUT2D eigenvalue weighted by molar-refractivity contribution is 5.78. The lowest BCUT2D eigenvalue weighted by atomic mass is 9.94. The van der Waals surface area contributed by atoms with Crippen LogP contribution in [0.4, 0.5) is 4.39 Å². The molecule has 0 radical (unpaired) electrons. The third-order valence-corrected chi connectivity index (χ3v) is 3.78. The second-order valence-electron chi connectivity index (χ2n) is 5.38. The van der Waals surface area contributed by atoms with Gasteiger partial charge in [-0.3, -0.25) is 4.79 Å². The molecule has 114 valence electrons. The molecule has 22 heavy (non-hydrogen) atoms. The molecule has 0 fully saturated rings. The zero-order valence-electron chi connectivity index (χ0n) is 12.1. The predicted molar refractivity (Wildman–Crippen MR) is 80.2 cm³/mol. The summed E-state index contributed by atoms with van der Waals surface area (Å²) in [6, 6.07) is 7.80. The van der Waals surface area contributed by atoms with Crippen LogP contribution in [0.5, 0.6) is 0 Å². The van der Waals surface area contributed by atoms with Crippen LogP contribution in [0.1, 0.15) is 25.0 Å². The van der Waals surface area contributed by atoms with Crippen LogP contribution in [0, 0.1) is 11.7 Å². The first kappa shape index (κ1) is 14.5. The zero-order chi connectivity index (χ0) is 15.4. The molecule has 0 saturated heterocycles. The van der Waals surface area contributed by atoms with Gasteiger partial charge in [-0.15, -0.1) is 0 Å². The number of carbonyl (C=O) groups is 1. The van der Waals surface area contributed by atoms with Crippen LogP contribution in [0.25, 0.3) is 11.3 Å². The van der Waals surface area contributed by atoms with Crippen molar-refractivity contribution in [2.24, 2.45) is 5.92 Å². The number of nitrogens with one attached hydrogen (secondary N) is 1. The Labute approximate surface area is 128 Å². The number of carbonyl (C=O) groups excluding carboxylic acids is 1. The fraction of sp³-hybridized carbons (Fsp3) is 0.294. The van der Waals surface area contributed by atoms with E-state index in [0.29, 0.717) is 18.0 Å². The average Bonchev–Trinajstić information content (AvgIpc) is 3.03. The van der Waals surface area contributed by atoms with Crippen molar-refractivity contribution in [2.45, 2.75) is 25.8 Å². The van der Waals surface area contributed by atoms with Crippen molar-refractivity contribution >= 4 is 5.91 Å². The largest absolute Gasteiger partial charge is 0.359 e. The first-order valence-corrected chi connectivity index (χ1v) is 7.36. The highest BCUT2D eigenvalue weighted by Gasteiger charge is 2.18. The number of halogens is 1. The maximum Gasteiger partial charge on any atom is 0.223 e. The number of nitrogens with zero attached hydrogens (tertiary/aromatic N) is 1. The van der Waals surface area contributed by atoms with Crippen molar-refractivity contribution in [1.82, 2.24) is 10.5 Å². The highest BCUT2D eigenvalue weighted by Crippen LogP contribution is 2.20. The van der Waals surface area contributed by atoms with E-state index in [1.54, 1.807) is 18.2 Å². The van der Waals surface area contributed by atoms with Gasteiger partial charge >= 0.3 is 0 Å². The molecular weight excluding hydrogens is 283 g/mol. The van der Waals surface area contributed by atoms with Gasteiger partial charge in [0.2, 0.25) is 5.91 Å². The number of rotatable bonds is 4. The fourth-order valence-corrected chi connectivity index (χ4v) is 2.50. The maximum absolute atomic E-state index is 12.9. The van der Waals surface area contributed by atoms with Crippen LogP contribution in [0.15, 0.2) is 47.0 Å². The van der Waals surface area contributed by atoms with E-state index in [2.05, 4.69) is 22.6 Å². The molecule has 1 unspecified atom stereocenters. The van der Waals surface area contributed by atoms with Gasteiger partial charge in [0.15, 0.2) is 5.76 Å². The first-order valence-electron chi connectivity index (χ1n) is 7.36. The molecule has 1 aromatic heterocycles. The molecule has 0 bridgehead atoms. The standard InChI is InChI=1S/C17H17FN2O2/c18-14-8-6-12(7-9-14)16-10-15(22-20-16)11-19-17(21)13-4-2-1-3-5-13/h1-2,6-10,13H,3-5,11H2,(H,19,21). The summed E-state index contributed by atoms with van der Waals surface area (Å²) in [6.45, 7) is 0.313. The zero-order valence-corrected chi connectivity index (χ0v) is 12.1. The molecule has 4 nitrogen and oxygen atoms in total. The Morgan fingerprint density at radius 2 is 2.14 bits per heavy atom. The number of hydrogen-bond acceptors (Lipinski definition) is 3. The minimum atomic E-state index is -0.290. The second kappa shape index (κ2) is 6.56. The Morgan fingerprint density at radius 3 is 2.86 bits per heavy atom. The summed E-state index contributed by atoms with van der Waals surface area (Å²) in [5, 5.41) is 6.82. The van der Waals surface area contributed by atoms with Crippen LogP contribution in [-0.2, 0) is 11.3 Å². The molecule has 1 N–H and O–H groups in total. The lowest BCUT2D eigenvalue weighted by Gasteiger charge is -2.16. The lowest BCUT2D eigenvalue weighted by Crippen LogP contribution is -2.30. The van der Waals surface area contributed by atoms with Crippen molar-refractivity contribution in [2.75, 3.05) is 0 Å². The highest BCUT2D eigenvalue weighted by atomic mass is 19.1. The summed E-state index contributed by atoms with van der Waals surface area (Å²) in [4.78, 5) is 12.0. The molecule has 3 rings (SSSR count). The summed E-state index contributed by atoms with van der Waals surface area (Å²) in [5.74, 6) is 0.383. The Hall–Kier alpha value is -2.43. The van der Waals surface area contributed by atoms with Gasteiger partial charge in [-0.25, -0.2) is 4.39 Å². The van der Waals surface area contributed by atoms with Crippen molar-refractivity contribution < 1.29 is 13.7 Å². The molecule has 1 heterocycles. The van der Waals surface area contributed by atoms with E-state index in [1.165, 1.54) is 12.1 Å². The van der Waals surface area contributed by atoms with E-state index in [0.717, 1.165) is 24.8 Å². The predicted octanol–water partition coefficient (Wildman–Crippen LogP) is 3.45. The molecule has 1 amide bonds. The van der Waals surface area contributed by atoms with Gasteiger partial charge in [-0.1, -0.05) is 17.3 Å². The summed E-state index contributed by atoms with van der Waals surface area (Å²) in [5.41, 5.74) is 1.41. The Bertz CT molecular complexity index is 676. The lowest BCUT2D eigenvalue weighted by molar-refractivity contribution is -0.125. The van der Waals surface area contributed by atoms with Crippen LogP contribution in [0.3, 0.4) is 0 Å². The second-order valence-corrected chi connectivity index (χ2v) is 5.38.